The molecular formula is C20H19ClFNO4. The molecule has 0 aliphatic heterocycles. The van der Waals surface area contributed by atoms with E-state index in [4.69, 9.17) is 16.3 Å². The van der Waals surface area contributed by atoms with E-state index in [1.807, 2.05) is 6.92 Å². The van der Waals surface area contributed by atoms with E-state index >= 15 is 0 Å². The molecule has 7 heteroatoms. The van der Waals surface area contributed by atoms with Crippen LogP contribution in [0.15, 0.2) is 42.5 Å². The van der Waals surface area contributed by atoms with Crippen LogP contribution in [-0.4, -0.2) is 24.3 Å². The maximum absolute atomic E-state index is 13.7. The van der Waals surface area contributed by atoms with Gasteiger partial charge in [0.25, 0.3) is 0 Å². The highest BCUT2D eigenvalue weighted by Crippen LogP contribution is 2.20. The predicted molar refractivity (Wildman–Crippen MR) is 100 cm³/mol. The van der Waals surface area contributed by atoms with Crippen molar-refractivity contribution < 1.29 is 23.5 Å². The quantitative estimate of drug-likeness (QED) is 0.541. The van der Waals surface area contributed by atoms with Crippen LogP contribution in [0.3, 0.4) is 0 Å². The Morgan fingerprint density at radius 3 is 2.44 bits per heavy atom. The van der Waals surface area contributed by atoms with Crippen LogP contribution >= 0.6 is 11.6 Å². The lowest BCUT2D eigenvalue weighted by molar-refractivity contribution is -0.141. The second kappa shape index (κ2) is 9.83. The van der Waals surface area contributed by atoms with Crippen molar-refractivity contribution in [2.45, 2.75) is 26.2 Å². The lowest BCUT2D eigenvalue weighted by atomic mass is 10.1. The number of anilines is 1. The Balaban J connectivity index is 1.88. The zero-order chi connectivity index (χ0) is 19.8. The number of Topliss-reactive ketones (excluding diaryl/α,β-unsaturated/α-hetero) is 1. The average molecular weight is 392 g/mol. The van der Waals surface area contributed by atoms with Crippen LogP contribution in [0.4, 0.5) is 10.1 Å². The van der Waals surface area contributed by atoms with E-state index in [-0.39, 0.29) is 22.9 Å². The molecule has 0 spiro atoms. The van der Waals surface area contributed by atoms with Gasteiger partial charge < -0.3 is 10.1 Å². The SMILES string of the molecule is CCCC(=O)Nc1ccc(C(=O)COC(=O)Cc2c(F)cccc2Cl)cc1. The summed E-state index contributed by atoms with van der Waals surface area (Å²) in [7, 11) is 0. The molecule has 0 heterocycles. The number of amides is 1. The number of rotatable bonds is 8. The molecule has 142 valence electrons. The van der Waals surface area contributed by atoms with Crippen molar-refractivity contribution in [3.05, 3.63) is 64.4 Å². The normalized spacial score (nSPS) is 10.3. The minimum absolute atomic E-state index is 0.0313. The Morgan fingerprint density at radius 1 is 1.11 bits per heavy atom. The third-order valence-electron chi connectivity index (χ3n) is 3.71. The van der Waals surface area contributed by atoms with Crippen LogP contribution < -0.4 is 5.32 Å². The largest absolute Gasteiger partial charge is 0.457 e. The Kier molecular flexibility index (Phi) is 7.49. The molecule has 27 heavy (non-hydrogen) atoms. The smallest absolute Gasteiger partial charge is 0.310 e. The number of hydrogen-bond donors (Lipinski definition) is 1. The average Bonchev–Trinajstić information content (AvgIpc) is 2.63. The van der Waals surface area contributed by atoms with Gasteiger partial charge in [0.1, 0.15) is 5.82 Å². The van der Waals surface area contributed by atoms with Crippen LogP contribution in [0.25, 0.3) is 0 Å². The second-order valence-electron chi connectivity index (χ2n) is 5.84. The summed E-state index contributed by atoms with van der Waals surface area (Å²) in [6.45, 7) is 1.44. The summed E-state index contributed by atoms with van der Waals surface area (Å²) in [5.41, 5.74) is 0.945. The van der Waals surface area contributed by atoms with E-state index in [0.717, 1.165) is 6.42 Å². The first kappa shape index (κ1) is 20.6. The predicted octanol–water partition coefficient (Wildman–Crippen LogP) is 4.19. The Bertz CT molecular complexity index is 816. The molecule has 0 saturated carbocycles. The third-order valence-corrected chi connectivity index (χ3v) is 4.07. The van der Waals surface area contributed by atoms with Gasteiger partial charge in [0.05, 0.1) is 6.42 Å². The highest BCUT2D eigenvalue weighted by molar-refractivity contribution is 6.31. The summed E-state index contributed by atoms with van der Waals surface area (Å²) in [5.74, 6) is -1.86. The van der Waals surface area contributed by atoms with E-state index in [2.05, 4.69) is 5.32 Å². The molecule has 2 rings (SSSR count). The summed E-state index contributed by atoms with van der Waals surface area (Å²) in [6.07, 6.45) is 0.801. The van der Waals surface area contributed by atoms with Gasteiger partial charge in [-0.05, 0) is 42.8 Å². The van der Waals surface area contributed by atoms with E-state index in [0.29, 0.717) is 17.7 Å². The molecule has 1 amide bonds. The molecule has 0 saturated heterocycles. The summed E-state index contributed by atoms with van der Waals surface area (Å²) >= 11 is 5.86. The fraction of sp³-hybridized carbons (Fsp3) is 0.250. The van der Waals surface area contributed by atoms with Crippen molar-refractivity contribution in [1.29, 1.82) is 0 Å². The first-order valence-electron chi connectivity index (χ1n) is 8.42. The Hall–Kier alpha value is -2.73. The van der Waals surface area contributed by atoms with Gasteiger partial charge in [-0.25, -0.2) is 4.39 Å². The summed E-state index contributed by atoms with van der Waals surface area (Å²) in [6, 6.07) is 10.4. The molecule has 0 atom stereocenters. The van der Waals surface area contributed by atoms with E-state index in [9.17, 15) is 18.8 Å². The lowest BCUT2D eigenvalue weighted by Crippen LogP contribution is -2.16. The van der Waals surface area contributed by atoms with Crippen molar-refractivity contribution in [3.63, 3.8) is 0 Å². The Morgan fingerprint density at radius 2 is 1.81 bits per heavy atom. The van der Waals surface area contributed by atoms with Crippen molar-refractivity contribution in [3.8, 4) is 0 Å². The van der Waals surface area contributed by atoms with Crippen LogP contribution in [0.1, 0.15) is 35.7 Å². The van der Waals surface area contributed by atoms with Gasteiger partial charge in [-0.3, -0.25) is 14.4 Å². The van der Waals surface area contributed by atoms with Gasteiger partial charge in [0.15, 0.2) is 12.4 Å². The van der Waals surface area contributed by atoms with Gasteiger partial charge in [-0.15, -0.1) is 0 Å². The van der Waals surface area contributed by atoms with Gasteiger partial charge in [0, 0.05) is 28.3 Å². The maximum Gasteiger partial charge on any atom is 0.310 e. The van der Waals surface area contributed by atoms with Crippen molar-refractivity contribution in [1.82, 2.24) is 0 Å². The molecule has 0 aliphatic rings. The van der Waals surface area contributed by atoms with Gasteiger partial charge in [-0.1, -0.05) is 24.6 Å². The fourth-order valence-electron chi connectivity index (χ4n) is 2.32. The zero-order valence-electron chi connectivity index (χ0n) is 14.8. The highest BCUT2D eigenvalue weighted by atomic mass is 35.5. The fourth-order valence-corrected chi connectivity index (χ4v) is 2.55. The summed E-state index contributed by atoms with van der Waals surface area (Å²) in [4.78, 5) is 35.5. The number of nitrogens with one attached hydrogen (secondary N) is 1. The number of carbonyl (C=O) groups excluding carboxylic acids is 3. The van der Waals surface area contributed by atoms with Gasteiger partial charge in [-0.2, -0.15) is 0 Å². The molecular weight excluding hydrogens is 373 g/mol. The molecule has 0 bridgehead atoms. The number of ether oxygens (including phenoxy) is 1. The monoisotopic (exact) mass is 391 g/mol. The summed E-state index contributed by atoms with van der Waals surface area (Å²) < 4.78 is 18.6. The molecule has 0 radical (unpaired) electrons. The standard InChI is InChI=1S/C20H19ClFNO4/c1-2-4-19(25)23-14-9-7-13(8-10-14)18(24)12-27-20(26)11-15-16(21)5-3-6-17(15)22/h3,5-10H,2,4,11-12H2,1H3,(H,23,25). The highest BCUT2D eigenvalue weighted by Gasteiger charge is 2.15. The van der Waals surface area contributed by atoms with E-state index < -0.39 is 24.2 Å². The molecule has 1 N–H and O–H groups in total. The number of carbonyl (C=O) groups is 3. The molecule has 0 aromatic heterocycles. The van der Waals surface area contributed by atoms with Crippen LogP contribution in [0, 0.1) is 5.82 Å². The van der Waals surface area contributed by atoms with Gasteiger partial charge >= 0.3 is 5.97 Å². The number of benzene rings is 2. The Labute approximate surface area is 161 Å². The zero-order valence-corrected chi connectivity index (χ0v) is 15.5. The number of halogens is 2. The molecule has 2 aromatic rings. The molecule has 5 nitrogen and oxygen atoms in total. The first-order chi connectivity index (χ1) is 12.9. The molecule has 0 unspecified atom stereocenters. The van der Waals surface area contributed by atoms with E-state index in [1.165, 1.54) is 30.3 Å². The lowest BCUT2D eigenvalue weighted by Gasteiger charge is -2.08. The number of esters is 1. The number of ketones is 1. The van der Waals surface area contributed by atoms with Crippen molar-refractivity contribution in [2.24, 2.45) is 0 Å². The van der Waals surface area contributed by atoms with Crippen LogP contribution in [0.5, 0.6) is 0 Å². The molecule has 0 aliphatic carbocycles. The first-order valence-corrected chi connectivity index (χ1v) is 8.80. The third kappa shape index (κ3) is 6.18. The second-order valence-corrected chi connectivity index (χ2v) is 6.24. The number of hydrogen-bond acceptors (Lipinski definition) is 4. The van der Waals surface area contributed by atoms with Crippen molar-refractivity contribution in [2.75, 3.05) is 11.9 Å². The minimum Gasteiger partial charge on any atom is -0.457 e. The van der Waals surface area contributed by atoms with Crippen LogP contribution in [0.2, 0.25) is 5.02 Å². The summed E-state index contributed by atoms with van der Waals surface area (Å²) in [5, 5.41) is 2.84. The van der Waals surface area contributed by atoms with E-state index in [1.54, 1.807) is 12.1 Å². The van der Waals surface area contributed by atoms with Crippen LogP contribution in [-0.2, 0) is 20.7 Å². The van der Waals surface area contributed by atoms with Crippen molar-refractivity contribution >= 4 is 34.9 Å². The minimum atomic E-state index is -0.751. The molecule has 2 aromatic carbocycles. The maximum atomic E-state index is 13.7. The topological polar surface area (TPSA) is 72.5 Å². The van der Waals surface area contributed by atoms with Gasteiger partial charge in [0.2, 0.25) is 5.91 Å². The molecule has 0 fully saturated rings.